The van der Waals surface area contributed by atoms with Crippen molar-refractivity contribution < 1.29 is 18.3 Å². The van der Waals surface area contributed by atoms with Gasteiger partial charge in [0, 0.05) is 28.4 Å². The van der Waals surface area contributed by atoms with E-state index in [4.69, 9.17) is 4.74 Å². The molecule has 23 heavy (non-hydrogen) atoms. The molecular weight excluding hydrogens is 320 g/mol. The number of thiophene rings is 1. The van der Waals surface area contributed by atoms with Crippen molar-refractivity contribution in [1.82, 2.24) is 0 Å². The Bertz CT molecular complexity index is 876. The lowest BCUT2D eigenvalue weighted by Gasteiger charge is -2.06. The highest BCUT2D eigenvalue weighted by Gasteiger charge is 2.20. The highest BCUT2D eigenvalue weighted by Crippen LogP contribution is 2.34. The zero-order chi connectivity index (χ0) is 16.4. The van der Waals surface area contributed by atoms with Crippen molar-refractivity contribution in [2.75, 3.05) is 12.4 Å². The van der Waals surface area contributed by atoms with Crippen molar-refractivity contribution in [1.29, 1.82) is 0 Å². The zero-order valence-electron chi connectivity index (χ0n) is 12.2. The number of hydrogen-bond acceptors (Lipinski definition) is 3. The van der Waals surface area contributed by atoms with E-state index in [1.54, 1.807) is 18.2 Å². The molecule has 0 saturated carbocycles. The van der Waals surface area contributed by atoms with Crippen LogP contribution < -0.4 is 5.32 Å². The fraction of sp³-hybridized carbons (Fsp3) is 0.118. The maximum Gasteiger partial charge on any atom is 0.266 e. The van der Waals surface area contributed by atoms with Gasteiger partial charge in [-0.2, -0.15) is 0 Å². The molecule has 0 saturated heterocycles. The third kappa shape index (κ3) is 3.09. The van der Waals surface area contributed by atoms with Crippen LogP contribution >= 0.6 is 11.3 Å². The first-order chi connectivity index (χ1) is 11.1. The largest absolute Gasteiger partial charge is 0.380 e. The maximum absolute atomic E-state index is 14.1. The maximum atomic E-state index is 14.1. The van der Waals surface area contributed by atoms with E-state index in [-0.39, 0.29) is 6.61 Å². The first-order valence-corrected chi connectivity index (χ1v) is 7.67. The number of fused-ring (bicyclic) bond motifs is 1. The van der Waals surface area contributed by atoms with Crippen LogP contribution in [0.5, 0.6) is 0 Å². The monoisotopic (exact) mass is 333 g/mol. The second-order valence-electron chi connectivity index (χ2n) is 4.92. The molecule has 3 rings (SSSR count). The van der Waals surface area contributed by atoms with Crippen LogP contribution in [-0.2, 0) is 11.3 Å². The van der Waals surface area contributed by atoms with Gasteiger partial charge < -0.3 is 10.1 Å². The Morgan fingerprint density at radius 3 is 2.74 bits per heavy atom. The SMILES string of the molecule is COCc1c(C(=O)Nc2cccc(F)c2)sc2cccc(F)c12. The molecule has 1 aromatic heterocycles. The van der Waals surface area contributed by atoms with E-state index < -0.39 is 17.5 Å². The number of benzene rings is 2. The van der Waals surface area contributed by atoms with Gasteiger partial charge in [0.25, 0.3) is 5.91 Å². The summed E-state index contributed by atoms with van der Waals surface area (Å²) in [7, 11) is 1.48. The average Bonchev–Trinajstić information content (AvgIpc) is 2.88. The lowest BCUT2D eigenvalue weighted by Crippen LogP contribution is -2.12. The Hall–Kier alpha value is -2.31. The fourth-order valence-corrected chi connectivity index (χ4v) is 3.50. The molecule has 0 radical (unpaired) electrons. The van der Waals surface area contributed by atoms with E-state index >= 15 is 0 Å². The van der Waals surface area contributed by atoms with E-state index in [1.165, 1.54) is 42.7 Å². The number of carbonyl (C=O) groups excluding carboxylic acids is 1. The Kier molecular flexibility index (Phi) is 4.36. The molecule has 0 aliphatic heterocycles. The third-order valence-corrected chi connectivity index (χ3v) is 4.54. The summed E-state index contributed by atoms with van der Waals surface area (Å²) in [6, 6.07) is 10.3. The fourth-order valence-electron chi connectivity index (χ4n) is 2.39. The number of hydrogen-bond donors (Lipinski definition) is 1. The smallest absolute Gasteiger partial charge is 0.266 e. The topological polar surface area (TPSA) is 38.3 Å². The lowest BCUT2D eigenvalue weighted by molar-refractivity contribution is 0.102. The first-order valence-electron chi connectivity index (χ1n) is 6.86. The Morgan fingerprint density at radius 2 is 2.00 bits per heavy atom. The zero-order valence-corrected chi connectivity index (χ0v) is 13.0. The van der Waals surface area contributed by atoms with Crippen LogP contribution in [0.1, 0.15) is 15.2 Å². The van der Waals surface area contributed by atoms with E-state index in [9.17, 15) is 13.6 Å². The number of methoxy groups -OCH3 is 1. The number of anilines is 1. The van der Waals surface area contributed by atoms with Gasteiger partial charge in [-0.3, -0.25) is 4.79 Å². The molecule has 1 N–H and O–H groups in total. The van der Waals surface area contributed by atoms with Gasteiger partial charge in [0.05, 0.1) is 11.5 Å². The molecule has 0 fully saturated rings. The summed E-state index contributed by atoms with van der Waals surface area (Å²) in [5.41, 5.74) is 0.843. The second kappa shape index (κ2) is 6.44. The Balaban J connectivity index is 2.03. The standard InChI is InChI=1S/C17H13F2NO2S/c1-22-9-12-15-13(19)6-3-7-14(15)23-16(12)17(21)20-11-5-2-4-10(18)8-11/h2-8H,9H2,1H3,(H,20,21). The Morgan fingerprint density at radius 1 is 1.22 bits per heavy atom. The summed E-state index contributed by atoms with van der Waals surface area (Å²) in [4.78, 5) is 12.9. The van der Waals surface area contributed by atoms with Crippen LogP contribution in [0.25, 0.3) is 10.1 Å². The van der Waals surface area contributed by atoms with Crippen LogP contribution in [0.4, 0.5) is 14.5 Å². The molecule has 0 aliphatic rings. The molecule has 0 atom stereocenters. The number of halogens is 2. The van der Waals surface area contributed by atoms with Crippen LogP contribution in [0.2, 0.25) is 0 Å². The average molecular weight is 333 g/mol. The lowest BCUT2D eigenvalue weighted by atomic mass is 10.1. The van der Waals surface area contributed by atoms with Gasteiger partial charge in [-0.25, -0.2) is 8.78 Å². The number of amides is 1. The molecule has 0 aliphatic carbocycles. The van der Waals surface area contributed by atoms with E-state index in [2.05, 4.69) is 5.32 Å². The minimum absolute atomic E-state index is 0.118. The van der Waals surface area contributed by atoms with Gasteiger partial charge in [0.15, 0.2) is 0 Å². The molecule has 0 unspecified atom stereocenters. The van der Waals surface area contributed by atoms with Crippen molar-refractivity contribution in [2.45, 2.75) is 6.61 Å². The number of ether oxygens (including phenoxy) is 1. The first kappa shape index (κ1) is 15.6. The third-order valence-electron chi connectivity index (χ3n) is 3.34. The van der Waals surface area contributed by atoms with Crippen molar-refractivity contribution in [3.63, 3.8) is 0 Å². The van der Waals surface area contributed by atoms with Crippen molar-refractivity contribution in [3.8, 4) is 0 Å². The van der Waals surface area contributed by atoms with Gasteiger partial charge in [0.1, 0.15) is 11.6 Å². The quantitative estimate of drug-likeness (QED) is 0.759. The minimum atomic E-state index is -0.442. The summed E-state index contributed by atoms with van der Waals surface area (Å²) in [5, 5.41) is 3.02. The van der Waals surface area contributed by atoms with Gasteiger partial charge in [-0.05, 0) is 30.3 Å². The molecule has 3 nitrogen and oxygen atoms in total. The summed E-state index contributed by atoms with van der Waals surface area (Å²) in [5.74, 6) is -1.25. The Labute approximate surface area is 135 Å². The molecule has 0 bridgehead atoms. The molecular formula is C17H13F2NO2S. The second-order valence-corrected chi connectivity index (χ2v) is 5.97. The molecule has 0 spiro atoms. The molecule has 3 aromatic rings. The van der Waals surface area contributed by atoms with Gasteiger partial charge in [-0.15, -0.1) is 11.3 Å². The molecule has 2 aromatic carbocycles. The van der Waals surface area contributed by atoms with Crippen LogP contribution in [0.15, 0.2) is 42.5 Å². The summed E-state index contributed by atoms with van der Waals surface area (Å²) < 4.78 is 33.1. The van der Waals surface area contributed by atoms with E-state index in [0.717, 1.165) is 0 Å². The van der Waals surface area contributed by atoms with Crippen LogP contribution in [-0.4, -0.2) is 13.0 Å². The van der Waals surface area contributed by atoms with Crippen LogP contribution in [0, 0.1) is 11.6 Å². The van der Waals surface area contributed by atoms with Crippen molar-refractivity contribution in [2.24, 2.45) is 0 Å². The highest BCUT2D eigenvalue weighted by atomic mass is 32.1. The predicted molar refractivity (Wildman–Crippen MR) is 86.8 cm³/mol. The summed E-state index contributed by atoms with van der Waals surface area (Å²) >= 11 is 1.18. The van der Waals surface area contributed by atoms with E-state index in [1.807, 2.05) is 0 Å². The minimum Gasteiger partial charge on any atom is -0.380 e. The molecule has 1 amide bonds. The van der Waals surface area contributed by atoms with Crippen molar-refractivity contribution >= 4 is 33.0 Å². The molecule has 6 heteroatoms. The van der Waals surface area contributed by atoms with Crippen molar-refractivity contribution in [3.05, 3.63) is 64.5 Å². The summed E-state index contributed by atoms with van der Waals surface area (Å²) in [6.45, 7) is 0.118. The van der Waals surface area contributed by atoms with E-state index in [0.29, 0.717) is 26.2 Å². The molecule has 1 heterocycles. The van der Waals surface area contributed by atoms with Gasteiger partial charge in [-0.1, -0.05) is 12.1 Å². The highest BCUT2D eigenvalue weighted by molar-refractivity contribution is 7.21. The van der Waals surface area contributed by atoms with Gasteiger partial charge >= 0.3 is 0 Å². The van der Waals surface area contributed by atoms with Gasteiger partial charge in [0.2, 0.25) is 0 Å². The van der Waals surface area contributed by atoms with Crippen LogP contribution in [0.3, 0.4) is 0 Å². The normalized spacial score (nSPS) is 10.9. The number of carbonyl (C=O) groups is 1. The molecule has 118 valence electrons. The predicted octanol–water partition coefficient (Wildman–Crippen LogP) is 4.58. The number of rotatable bonds is 4. The number of nitrogens with one attached hydrogen (secondary N) is 1. The summed E-state index contributed by atoms with van der Waals surface area (Å²) in [6.07, 6.45) is 0.